The van der Waals surface area contributed by atoms with Crippen molar-refractivity contribution >= 4 is 11.4 Å². The second kappa shape index (κ2) is 7.39. The molecule has 0 spiro atoms. The summed E-state index contributed by atoms with van der Waals surface area (Å²) in [6.07, 6.45) is 4.92. The molecular weight excluding hydrogens is 252 g/mol. The summed E-state index contributed by atoms with van der Waals surface area (Å²) in [5.74, 6) is 0.846. The van der Waals surface area contributed by atoms with Gasteiger partial charge in [-0.2, -0.15) is 0 Å². The number of nitrogens with zero attached hydrogens (tertiary/aromatic N) is 1. The third kappa shape index (κ3) is 4.30. The van der Waals surface area contributed by atoms with Crippen molar-refractivity contribution < 1.29 is 9.47 Å². The normalized spacial score (nSPS) is 18.8. The molecule has 2 N–H and O–H groups in total. The molecule has 1 aliphatic heterocycles. The second-order valence-electron chi connectivity index (χ2n) is 5.48. The molecule has 1 unspecified atom stereocenters. The van der Waals surface area contributed by atoms with E-state index in [1.54, 1.807) is 0 Å². The van der Waals surface area contributed by atoms with Gasteiger partial charge in [-0.3, -0.25) is 0 Å². The number of likely N-dealkylation sites (N-methyl/N-ethyl adjacent to an activating group) is 1. The molecule has 1 aromatic carbocycles. The predicted molar refractivity (Wildman–Crippen MR) is 83.5 cm³/mol. The average Bonchev–Trinajstić information content (AvgIpc) is 2.45. The number of nitrogens with two attached hydrogens (primary N) is 1. The van der Waals surface area contributed by atoms with Gasteiger partial charge in [-0.1, -0.05) is 6.92 Å². The molecule has 0 saturated carbocycles. The van der Waals surface area contributed by atoms with Crippen LogP contribution in [0, 0.1) is 0 Å². The van der Waals surface area contributed by atoms with Crippen molar-refractivity contribution in [3.8, 4) is 5.75 Å². The highest BCUT2D eigenvalue weighted by molar-refractivity contribution is 5.60. The molecule has 0 amide bonds. The first-order valence-electron chi connectivity index (χ1n) is 7.55. The Hall–Kier alpha value is -1.42. The van der Waals surface area contributed by atoms with Crippen LogP contribution in [0.2, 0.25) is 0 Å². The van der Waals surface area contributed by atoms with Gasteiger partial charge in [0.15, 0.2) is 0 Å². The van der Waals surface area contributed by atoms with E-state index in [1.807, 2.05) is 12.1 Å². The summed E-state index contributed by atoms with van der Waals surface area (Å²) in [7, 11) is 2.08. The lowest BCUT2D eigenvalue weighted by molar-refractivity contribution is 0.0216. The third-order valence-electron chi connectivity index (χ3n) is 3.58. The Morgan fingerprint density at radius 2 is 2.20 bits per heavy atom. The molecule has 0 aromatic heterocycles. The Morgan fingerprint density at radius 1 is 1.35 bits per heavy atom. The summed E-state index contributed by atoms with van der Waals surface area (Å²) in [6, 6.07) is 5.92. The minimum absolute atomic E-state index is 0.329. The number of rotatable bonds is 6. The largest absolute Gasteiger partial charge is 0.493 e. The maximum Gasteiger partial charge on any atom is 0.123 e. The van der Waals surface area contributed by atoms with Crippen LogP contribution in [0.4, 0.5) is 11.4 Å². The first-order chi connectivity index (χ1) is 9.69. The van der Waals surface area contributed by atoms with Crippen molar-refractivity contribution in [2.75, 3.05) is 37.4 Å². The summed E-state index contributed by atoms with van der Waals surface area (Å²) < 4.78 is 11.5. The highest BCUT2D eigenvalue weighted by atomic mass is 16.5. The van der Waals surface area contributed by atoms with Gasteiger partial charge in [0, 0.05) is 43.7 Å². The van der Waals surface area contributed by atoms with Crippen LogP contribution < -0.4 is 15.4 Å². The van der Waals surface area contributed by atoms with Crippen LogP contribution in [-0.2, 0) is 4.74 Å². The van der Waals surface area contributed by atoms with Crippen molar-refractivity contribution in [2.45, 2.75) is 38.7 Å². The quantitative estimate of drug-likeness (QED) is 0.812. The molecule has 1 aromatic rings. The van der Waals surface area contributed by atoms with Gasteiger partial charge >= 0.3 is 0 Å². The van der Waals surface area contributed by atoms with Gasteiger partial charge in [-0.25, -0.2) is 0 Å². The fourth-order valence-electron chi connectivity index (χ4n) is 2.49. The number of anilines is 2. The van der Waals surface area contributed by atoms with Crippen molar-refractivity contribution in [3.63, 3.8) is 0 Å². The molecule has 0 aliphatic carbocycles. The molecule has 1 aliphatic rings. The molecule has 1 fully saturated rings. The SMILES string of the molecule is CCCOc1cc(N)cc(N(C)CC2CCCCO2)c1. The zero-order valence-corrected chi connectivity index (χ0v) is 12.6. The van der Waals surface area contributed by atoms with Crippen LogP contribution in [0.25, 0.3) is 0 Å². The first-order valence-corrected chi connectivity index (χ1v) is 7.55. The molecule has 1 atom stereocenters. The predicted octanol–water partition coefficient (Wildman–Crippen LogP) is 3.06. The Morgan fingerprint density at radius 3 is 2.90 bits per heavy atom. The van der Waals surface area contributed by atoms with Gasteiger partial charge in [0.2, 0.25) is 0 Å². The lowest BCUT2D eigenvalue weighted by Crippen LogP contribution is -2.33. The molecule has 112 valence electrons. The summed E-state index contributed by atoms with van der Waals surface area (Å²) in [6.45, 7) is 4.61. The molecule has 2 rings (SSSR count). The molecule has 0 radical (unpaired) electrons. The number of hydrogen-bond acceptors (Lipinski definition) is 4. The Balaban J connectivity index is 2.00. The Bertz CT molecular complexity index is 417. The summed E-state index contributed by atoms with van der Waals surface area (Å²) >= 11 is 0. The van der Waals surface area contributed by atoms with Gasteiger partial charge in [-0.05, 0) is 31.7 Å². The molecule has 20 heavy (non-hydrogen) atoms. The highest BCUT2D eigenvalue weighted by Gasteiger charge is 2.16. The standard InChI is InChI=1S/C16H26N2O2/c1-3-7-19-16-10-13(17)9-14(11-16)18(2)12-15-6-4-5-8-20-15/h9-11,15H,3-8,12,17H2,1-2H3. The van der Waals surface area contributed by atoms with Gasteiger partial charge < -0.3 is 20.1 Å². The van der Waals surface area contributed by atoms with Crippen LogP contribution in [-0.4, -0.2) is 32.9 Å². The number of ether oxygens (including phenoxy) is 2. The van der Waals surface area contributed by atoms with E-state index in [-0.39, 0.29) is 0 Å². The molecule has 1 heterocycles. The van der Waals surface area contributed by atoms with E-state index in [1.165, 1.54) is 12.8 Å². The molecule has 1 saturated heterocycles. The van der Waals surface area contributed by atoms with E-state index in [4.69, 9.17) is 15.2 Å². The van der Waals surface area contributed by atoms with Crippen LogP contribution in [0.15, 0.2) is 18.2 Å². The monoisotopic (exact) mass is 278 g/mol. The van der Waals surface area contributed by atoms with E-state index in [2.05, 4.69) is 24.9 Å². The molecular formula is C16H26N2O2. The zero-order chi connectivity index (χ0) is 14.4. The van der Waals surface area contributed by atoms with Crippen molar-refractivity contribution in [1.29, 1.82) is 0 Å². The second-order valence-corrected chi connectivity index (χ2v) is 5.48. The van der Waals surface area contributed by atoms with Crippen molar-refractivity contribution in [2.24, 2.45) is 0 Å². The fraction of sp³-hybridized carbons (Fsp3) is 0.625. The van der Waals surface area contributed by atoms with Crippen molar-refractivity contribution in [3.05, 3.63) is 18.2 Å². The molecule has 0 bridgehead atoms. The zero-order valence-electron chi connectivity index (χ0n) is 12.6. The first kappa shape index (κ1) is 15.0. The number of hydrogen-bond donors (Lipinski definition) is 1. The van der Waals surface area contributed by atoms with Crippen LogP contribution >= 0.6 is 0 Å². The van der Waals surface area contributed by atoms with Gasteiger partial charge in [0.1, 0.15) is 5.75 Å². The smallest absolute Gasteiger partial charge is 0.123 e. The summed E-state index contributed by atoms with van der Waals surface area (Å²) in [5, 5.41) is 0. The lowest BCUT2D eigenvalue weighted by atomic mass is 10.1. The number of benzene rings is 1. The lowest BCUT2D eigenvalue weighted by Gasteiger charge is -2.29. The van der Waals surface area contributed by atoms with Crippen LogP contribution in [0.5, 0.6) is 5.75 Å². The maximum atomic E-state index is 5.96. The van der Waals surface area contributed by atoms with E-state index >= 15 is 0 Å². The van der Waals surface area contributed by atoms with Crippen molar-refractivity contribution in [1.82, 2.24) is 0 Å². The summed E-state index contributed by atoms with van der Waals surface area (Å²) in [5.41, 5.74) is 7.79. The topological polar surface area (TPSA) is 47.7 Å². The maximum absolute atomic E-state index is 5.96. The summed E-state index contributed by atoms with van der Waals surface area (Å²) in [4.78, 5) is 2.20. The Labute approximate surface area is 121 Å². The van der Waals surface area contributed by atoms with E-state index < -0.39 is 0 Å². The van der Waals surface area contributed by atoms with E-state index in [0.717, 1.165) is 49.7 Å². The van der Waals surface area contributed by atoms with Gasteiger partial charge in [-0.15, -0.1) is 0 Å². The van der Waals surface area contributed by atoms with E-state index in [0.29, 0.717) is 6.10 Å². The third-order valence-corrected chi connectivity index (χ3v) is 3.58. The molecule has 4 heteroatoms. The van der Waals surface area contributed by atoms with Crippen LogP contribution in [0.1, 0.15) is 32.6 Å². The fourth-order valence-corrected chi connectivity index (χ4v) is 2.49. The van der Waals surface area contributed by atoms with Gasteiger partial charge in [0.25, 0.3) is 0 Å². The van der Waals surface area contributed by atoms with Crippen LogP contribution in [0.3, 0.4) is 0 Å². The van der Waals surface area contributed by atoms with Gasteiger partial charge in [0.05, 0.1) is 12.7 Å². The minimum Gasteiger partial charge on any atom is -0.493 e. The Kier molecular flexibility index (Phi) is 5.53. The average molecular weight is 278 g/mol. The molecule has 4 nitrogen and oxygen atoms in total. The minimum atomic E-state index is 0.329. The highest BCUT2D eigenvalue weighted by Crippen LogP contribution is 2.26. The number of nitrogen functional groups attached to an aromatic ring is 1. The van der Waals surface area contributed by atoms with E-state index in [9.17, 15) is 0 Å².